The Hall–Kier alpha value is -3.27. The molecular weight excluding hydrogens is 478 g/mol. The third kappa shape index (κ3) is 6.90. The normalized spacial score (nSPS) is 20.9. The second kappa shape index (κ2) is 11.2. The van der Waals surface area contributed by atoms with Crippen LogP contribution >= 0.6 is 0 Å². The Morgan fingerprint density at radius 3 is 2.44 bits per heavy atom. The molecule has 194 valence electrons. The van der Waals surface area contributed by atoms with Gasteiger partial charge in [0.2, 0.25) is 5.91 Å². The van der Waals surface area contributed by atoms with Crippen LogP contribution in [0.1, 0.15) is 60.5 Å². The first-order valence-corrected chi connectivity index (χ1v) is 11.7. The molecule has 1 atom stereocenters. The van der Waals surface area contributed by atoms with Gasteiger partial charge in [-0.2, -0.15) is 13.2 Å². The van der Waals surface area contributed by atoms with Gasteiger partial charge in [-0.1, -0.05) is 24.3 Å². The molecule has 1 saturated carbocycles. The van der Waals surface area contributed by atoms with Gasteiger partial charge in [-0.3, -0.25) is 9.59 Å². The molecular formula is C26H29F4N3O3. The van der Waals surface area contributed by atoms with Crippen LogP contribution in [-0.2, 0) is 16.6 Å². The smallest absolute Gasteiger partial charge is 0.385 e. The van der Waals surface area contributed by atoms with Crippen molar-refractivity contribution in [2.24, 2.45) is 5.92 Å². The number of rotatable bonds is 8. The predicted octanol–water partition coefficient (Wildman–Crippen LogP) is 4.57. The number of carbonyl (C=O) groups is 2. The third-order valence-electron chi connectivity index (χ3n) is 6.48. The fourth-order valence-corrected chi connectivity index (χ4v) is 4.52. The van der Waals surface area contributed by atoms with E-state index in [1.54, 1.807) is 25.1 Å². The average molecular weight is 508 g/mol. The molecule has 2 aromatic rings. The number of carbonyl (C=O) groups excluding carboxylic acids is 2. The zero-order valence-electron chi connectivity index (χ0n) is 19.8. The Kier molecular flexibility index (Phi) is 8.50. The van der Waals surface area contributed by atoms with E-state index in [0.717, 1.165) is 12.1 Å². The lowest BCUT2D eigenvalue weighted by Crippen LogP contribution is -2.42. The van der Waals surface area contributed by atoms with E-state index in [-0.39, 0.29) is 23.5 Å². The minimum absolute atomic E-state index is 0.1000. The van der Waals surface area contributed by atoms with Crippen molar-refractivity contribution in [3.8, 4) is 0 Å². The highest BCUT2D eigenvalue weighted by atomic mass is 19.4. The van der Waals surface area contributed by atoms with Crippen molar-refractivity contribution in [1.29, 1.82) is 5.41 Å². The molecule has 6 nitrogen and oxygen atoms in total. The maximum Gasteiger partial charge on any atom is 0.416 e. The zero-order valence-corrected chi connectivity index (χ0v) is 19.8. The maximum atomic E-state index is 14.1. The van der Waals surface area contributed by atoms with Gasteiger partial charge in [-0.05, 0) is 62.8 Å². The Bertz CT molecular complexity index is 1110. The number of hydrogen-bond donors (Lipinski definition) is 4. The third-order valence-corrected chi connectivity index (χ3v) is 6.48. The van der Waals surface area contributed by atoms with E-state index in [1.165, 1.54) is 12.1 Å². The highest BCUT2D eigenvalue weighted by Crippen LogP contribution is 2.41. The summed E-state index contributed by atoms with van der Waals surface area (Å²) in [6.07, 6.45) is -2.65. The van der Waals surface area contributed by atoms with Crippen molar-refractivity contribution in [2.45, 2.75) is 56.8 Å². The van der Waals surface area contributed by atoms with Crippen LogP contribution in [0.25, 0.3) is 0 Å². The number of aliphatic hydroxyl groups is 1. The molecule has 0 aromatic heterocycles. The molecule has 0 heterocycles. The molecule has 10 heteroatoms. The topological polar surface area (TPSA) is 102 Å². The van der Waals surface area contributed by atoms with Crippen LogP contribution < -0.4 is 10.6 Å². The van der Waals surface area contributed by atoms with Crippen LogP contribution in [0.2, 0.25) is 0 Å². The lowest BCUT2D eigenvalue weighted by atomic mass is 9.73. The Morgan fingerprint density at radius 1 is 1.14 bits per heavy atom. The van der Waals surface area contributed by atoms with Gasteiger partial charge in [0.1, 0.15) is 5.82 Å². The Morgan fingerprint density at radius 2 is 1.81 bits per heavy atom. The molecule has 0 aliphatic heterocycles. The van der Waals surface area contributed by atoms with Crippen molar-refractivity contribution in [2.75, 3.05) is 6.54 Å². The fraction of sp³-hybridized carbons (Fsp3) is 0.423. The summed E-state index contributed by atoms with van der Waals surface area (Å²) in [4.78, 5) is 24.3. The van der Waals surface area contributed by atoms with Crippen LogP contribution in [0, 0.1) is 17.1 Å². The zero-order chi connectivity index (χ0) is 26.5. The van der Waals surface area contributed by atoms with E-state index >= 15 is 0 Å². The van der Waals surface area contributed by atoms with Gasteiger partial charge in [-0.25, -0.2) is 4.39 Å². The maximum absolute atomic E-state index is 14.1. The van der Waals surface area contributed by atoms with E-state index in [1.807, 2.05) is 0 Å². The Balaban J connectivity index is 1.44. The number of amides is 2. The number of hydrogen-bond acceptors (Lipinski definition) is 4. The molecule has 0 spiro atoms. The SMILES string of the molecule is C[C@H](CC(=N)C1CCC(O)(c2ccccc2F)CC1)NC(=O)CNC(=O)c1cccc(C(F)(F)F)c1. The molecule has 0 bridgehead atoms. The van der Waals surface area contributed by atoms with Gasteiger partial charge in [0.05, 0.1) is 17.7 Å². The molecule has 1 aliphatic rings. The minimum Gasteiger partial charge on any atom is -0.385 e. The number of benzene rings is 2. The molecule has 2 amide bonds. The van der Waals surface area contributed by atoms with Crippen LogP contribution in [0.4, 0.5) is 17.6 Å². The van der Waals surface area contributed by atoms with E-state index in [0.29, 0.717) is 37.5 Å². The molecule has 0 saturated heterocycles. The molecule has 0 radical (unpaired) electrons. The van der Waals surface area contributed by atoms with Crippen LogP contribution in [0.5, 0.6) is 0 Å². The largest absolute Gasteiger partial charge is 0.416 e. The summed E-state index contributed by atoms with van der Waals surface area (Å²) < 4.78 is 52.6. The highest BCUT2D eigenvalue weighted by Gasteiger charge is 2.37. The van der Waals surface area contributed by atoms with E-state index < -0.39 is 47.6 Å². The average Bonchev–Trinajstić information content (AvgIpc) is 2.82. The van der Waals surface area contributed by atoms with Gasteiger partial charge >= 0.3 is 6.18 Å². The quantitative estimate of drug-likeness (QED) is 0.311. The van der Waals surface area contributed by atoms with Crippen LogP contribution in [0.3, 0.4) is 0 Å². The van der Waals surface area contributed by atoms with Crippen LogP contribution in [-0.4, -0.2) is 35.2 Å². The van der Waals surface area contributed by atoms with Gasteiger partial charge in [0.25, 0.3) is 5.91 Å². The molecule has 3 rings (SSSR count). The van der Waals surface area contributed by atoms with Crippen molar-refractivity contribution in [3.05, 3.63) is 71.0 Å². The van der Waals surface area contributed by atoms with E-state index in [9.17, 15) is 32.3 Å². The monoisotopic (exact) mass is 507 g/mol. The lowest BCUT2D eigenvalue weighted by Gasteiger charge is -2.37. The van der Waals surface area contributed by atoms with Crippen molar-refractivity contribution < 1.29 is 32.3 Å². The predicted molar refractivity (Wildman–Crippen MR) is 126 cm³/mol. The molecule has 36 heavy (non-hydrogen) atoms. The second-order valence-electron chi connectivity index (χ2n) is 9.24. The van der Waals surface area contributed by atoms with E-state index in [2.05, 4.69) is 10.6 Å². The molecule has 1 fully saturated rings. The molecule has 1 aliphatic carbocycles. The van der Waals surface area contributed by atoms with Gasteiger partial charge in [0, 0.05) is 29.3 Å². The number of halogens is 4. The molecule has 0 unspecified atom stereocenters. The first-order chi connectivity index (χ1) is 16.9. The summed E-state index contributed by atoms with van der Waals surface area (Å²) in [5, 5.41) is 24.3. The first kappa shape index (κ1) is 27.3. The minimum atomic E-state index is -4.58. The van der Waals surface area contributed by atoms with Gasteiger partial charge in [0.15, 0.2) is 0 Å². The van der Waals surface area contributed by atoms with Crippen molar-refractivity contribution in [3.63, 3.8) is 0 Å². The Labute approximate surface area is 206 Å². The summed E-state index contributed by atoms with van der Waals surface area (Å²) in [5.74, 6) is -1.89. The van der Waals surface area contributed by atoms with E-state index in [4.69, 9.17) is 5.41 Å². The summed E-state index contributed by atoms with van der Waals surface area (Å²) in [6.45, 7) is 1.28. The van der Waals surface area contributed by atoms with Gasteiger partial charge in [-0.15, -0.1) is 0 Å². The molecule has 2 aromatic carbocycles. The van der Waals surface area contributed by atoms with Crippen molar-refractivity contribution in [1.82, 2.24) is 10.6 Å². The summed E-state index contributed by atoms with van der Waals surface area (Å²) in [6, 6.07) is 9.63. The lowest BCUT2D eigenvalue weighted by molar-refractivity contribution is -0.137. The fourth-order valence-electron chi connectivity index (χ4n) is 4.52. The summed E-state index contributed by atoms with van der Waals surface area (Å²) in [5.41, 5.74) is -1.75. The number of nitrogens with one attached hydrogen (secondary N) is 3. The highest BCUT2D eigenvalue weighted by molar-refractivity contribution is 5.96. The second-order valence-corrected chi connectivity index (χ2v) is 9.24. The van der Waals surface area contributed by atoms with Gasteiger partial charge < -0.3 is 21.1 Å². The first-order valence-electron chi connectivity index (χ1n) is 11.7. The standard InChI is InChI=1S/C26H29F4N3O3/c1-16(33-23(34)15-32-24(35)18-5-4-6-19(14-18)26(28,29)30)13-22(31)17-9-11-25(36,12-10-17)20-7-2-3-8-21(20)27/h2-8,14,16-17,31,36H,9-13,15H2,1H3,(H,32,35)(H,33,34)/t16-,17?,25?/m1/s1. The molecule has 4 N–H and O–H groups in total. The summed E-state index contributed by atoms with van der Waals surface area (Å²) >= 11 is 0. The van der Waals surface area contributed by atoms with Crippen LogP contribution in [0.15, 0.2) is 48.5 Å². The summed E-state index contributed by atoms with van der Waals surface area (Å²) in [7, 11) is 0. The van der Waals surface area contributed by atoms with Crippen molar-refractivity contribution >= 4 is 17.5 Å². The number of alkyl halides is 3.